The van der Waals surface area contributed by atoms with E-state index in [1.807, 2.05) is 0 Å². The minimum atomic E-state index is -5.01. The number of fused-ring (bicyclic) bond motifs is 2. The summed E-state index contributed by atoms with van der Waals surface area (Å²) in [7, 11) is 18.0. The molecule has 4 unspecified atom stereocenters. The number of halogens is 2. The van der Waals surface area contributed by atoms with Crippen molar-refractivity contribution < 1.29 is 15.6 Å². The van der Waals surface area contributed by atoms with Gasteiger partial charge in [-0.3, -0.25) is 0 Å². The van der Waals surface area contributed by atoms with Crippen molar-refractivity contribution in [2.24, 2.45) is 23.7 Å². The number of rotatable bonds is 13. The van der Waals surface area contributed by atoms with E-state index in [9.17, 15) is 0 Å². The summed E-state index contributed by atoms with van der Waals surface area (Å²) in [5.74, 6) is 0.176. The fourth-order valence-corrected chi connectivity index (χ4v) is 40.8. The van der Waals surface area contributed by atoms with Crippen LogP contribution in [-0.4, -0.2) is 5.92 Å². The van der Waals surface area contributed by atoms with Gasteiger partial charge in [0.1, 0.15) is 0 Å². The number of hydrogen-bond acceptors (Lipinski definition) is 0. The third-order valence-corrected chi connectivity index (χ3v) is 64.3. The van der Waals surface area contributed by atoms with Gasteiger partial charge >= 0.3 is 327 Å². The van der Waals surface area contributed by atoms with Crippen molar-refractivity contribution in [2.75, 3.05) is 0 Å². The average Bonchev–Trinajstić information content (AvgIpc) is 3.72. The van der Waals surface area contributed by atoms with Gasteiger partial charge in [-0.15, -0.1) is 0 Å². The van der Waals surface area contributed by atoms with Crippen molar-refractivity contribution in [2.45, 2.75) is 101 Å². The molecule has 0 bridgehead atoms. The Labute approximate surface area is 324 Å². The van der Waals surface area contributed by atoms with E-state index in [1.54, 1.807) is 0 Å². The van der Waals surface area contributed by atoms with Crippen LogP contribution in [0.15, 0.2) is 96.1 Å². The molecule has 0 radical (unpaired) electrons. The maximum atomic E-state index is 8.99. The molecule has 0 saturated carbocycles. The average molecular weight is 828 g/mol. The molecule has 52 heavy (non-hydrogen) atoms. The summed E-state index contributed by atoms with van der Waals surface area (Å²) in [4.78, 5) is 0. The van der Waals surface area contributed by atoms with E-state index in [0.29, 0.717) is 23.7 Å². The first kappa shape index (κ1) is 39.7. The summed E-state index contributed by atoms with van der Waals surface area (Å²) in [6, 6.07) is 32.0. The SMILES string of the molecule is CCC(C)C1=Cc2c(ccc(CC(C)C)c2-c2ccccc2)[CH]1[Zr]([Cl])([Cl])([CH]1C(C(C)CC)=Cc2c1ccc(CC(C)C)c2-c1ccccc1)[SiH](C)C. The predicted octanol–water partition coefficient (Wildman–Crippen LogP) is 15.1. The van der Waals surface area contributed by atoms with Crippen LogP contribution in [0.25, 0.3) is 34.4 Å². The van der Waals surface area contributed by atoms with E-state index in [4.69, 9.17) is 17.0 Å². The topological polar surface area (TPSA) is 0 Å². The van der Waals surface area contributed by atoms with Crippen molar-refractivity contribution >= 4 is 35.1 Å². The van der Waals surface area contributed by atoms with E-state index in [0.717, 1.165) is 25.7 Å². The molecule has 0 saturated heterocycles. The molecule has 4 heteroatoms. The maximum absolute atomic E-state index is 8.99. The van der Waals surface area contributed by atoms with E-state index < -0.39 is 21.5 Å². The van der Waals surface area contributed by atoms with Crippen LogP contribution in [-0.2, 0) is 28.4 Å². The second kappa shape index (κ2) is 15.6. The fraction of sp³-hybridized carbons (Fsp3) is 0.417. The minimum absolute atomic E-state index is 0.0795. The molecule has 2 aliphatic carbocycles. The Kier molecular flexibility index (Phi) is 12.0. The summed E-state index contributed by atoms with van der Waals surface area (Å²) in [6.07, 6.45) is 9.39. The predicted molar refractivity (Wildman–Crippen MR) is 232 cm³/mol. The molecule has 0 spiro atoms. The zero-order chi connectivity index (χ0) is 37.6. The van der Waals surface area contributed by atoms with Gasteiger partial charge in [0.25, 0.3) is 0 Å². The Bertz CT molecular complexity index is 1830. The molecular formula is C48H61Cl2SiZr. The van der Waals surface area contributed by atoms with E-state index in [-0.39, 0.29) is 7.25 Å². The molecular weight excluding hydrogens is 767 g/mol. The van der Waals surface area contributed by atoms with Crippen molar-refractivity contribution in [3.05, 3.63) is 129 Å². The Morgan fingerprint density at radius 1 is 0.558 bits per heavy atom. The van der Waals surface area contributed by atoms with Gasteiger partial charge in [-0.05, 0) is 0 Å². The number of hydrogen-bond donors (Lipinski definition) is 0. The second-order valence-corrected chi connectivity index (χ2v) is 59.8. The third kappa shape index (κ3) is 6.91. The molecule has 0 nitrogen and oxygen atoms in total. The normalized spacial score (nSPS) is 18.9. The molecule has 6 rings (SSSR count). The van der Waals surface area contributed by atoms with Gasteiger partial charge in [0.2, 0.25) is 0 Å². The van der Waals surface area contributed by atoms with Gasteiger partial charge in [-0.25, -0.2) is 0 Å². The van der Waals surface area contributed by atoms with Crippen LogP contribution in [0.1, 0.15) is 109 Å². The van der Waals surface area contributed by atoms with E-state index in [2.05, 4.69) is 166 Å². The summed E-state index contributed by atoms with van der Waals surface area (Å²) in [6.45, 7) is 23.9. The van der Waals surface area contributed by atoms with E-state index >= 15 is 0 Å². The van der Waals surface area contributed by atoms with Crippen LogP contribution >= 0.6 is 17.0 Å². The molecule has 0 N–H and O–H groups in total. The first-order valence-corrected chi connectivity index (χ1v) is 36.5. The fourth-order valence-electron chi connectivity index (χ4n) is 9.54. The Morgan fingerprint density at radius 2 is 0.923 bits per heavy atom. The quantitative estimate of drug-likeness (QED) is 0.118. The zero-order valence-corrected chi connectivity index (χ0v) is 38.5. The summed E-state index contributed by atoms with van der Waals surface area (Å²) in [5, 5.41) is 0. The van der Waals surface area contributed by atoms with Crippen molar-refractivity contribution in [3.8, 4) is 22.3 Å². The molecule has 0 heterocycles. The van der Waals surface area contributed by atoms with Gasteiger partial charge in [0, 0.05) is 0 Å². The Balaban J connectivity index is 1.68. The third-order valence-electron chi connectivity index (χ3n) is 12.6. The van der Waals surface area contributed by atoms with Crippen molar-refractivity contribution in [3.63, 3.8) is 0 Å². The Morgan fingerprint density at radius 3 is 1.23 bits per heavy atom. The zero-order valence-electron chi connectivity index (χ0n) is 33.4. The second-order valence-electron chi connectivity index (χ2n) is 17.3. The first-order chi connectivity index (χ1) is 24.7. The van der Waals surface area contributed by atoms with Gasteiger partial charge in [0.05, 0.1) is 0 Å². The molecule has 2 aliphatic rings. The molecule has 4 atom stereocenters. The van der Waals surface area contributed by atoms with E-state index in [1.165, 1.54) is 66.8 Å². The monoisotopic (exact) mass is 825 g/mol. The van der Waals surface area contributed by atoms with Crippen LogP contribution in [0.4, 0.5) is 0 Å². The van der Waals surface area contributed by atoms with Gasteiger partial charge in [-0.1, -0.05) is 0 Å². The van der Waals surface area contributed by atoms with Gasteiger partial charge < -0.3 is 0 Å². The molecule has 0 aromatic heterocycles. The van der Waals surface area contributed by atoms with Crippen molar-refractivity contribution in [1.82, 2.24) is 0 Å². The first-order valence-electron chi connectivity index (χ1n) is 20.1. The number of allylic oxidation sites excluding steroid dienone is 2. The summed E-state index contributed by atoms with van der Waals surface area (Å²) < 4.78 is 0.159. The molecule has 275 valence electrons. The standard InChI is InChI=1S/2C23H27.C2H7Si.2ClH.Zr/c2*1-5-17(4)21-14-19-11-12-20(13-16(2)3)23(22(19)15-21)18-9-7-6-8-10-18;1-3-2;;;/h2*6-12,14-17H,5,13H2,1-4H3;3H,1-2H3;2*1H;/q;;;;;+2/p-2. The van der Waals surface area contributed by atoms with Crippen LogP contribution in [0, 0.1) is 23.7 Å². The summed E-state index contributed by atoms with van der Waals surface area (Å²) in [5.41, 5.74) is 16.8. The molecule has 0 aliphatic heterocycles. The summed E-state index contributed by atoms with van der Waals surface area (Å²) >= 11 is -5.01. The van der Waals surface area contributed by atoms with Crippen molar-refractivity contribution in [1.29, 1.82) is 0 Å². The molecule has 4 aromatic carbocycles. The molecule has 0 fully saturated rings. The molecule has 0 amide bonds. The Hall–Kier alpha value is -1.96. The van der Waals surface area contributed by atoms with Gasteiger partial charge in [0.15, 0.2) is 0 Å². The van der Waals surface area contributed by atoms with Crippen LogP contribution in [0.2, 0.25) is 13.1 Å². The van der Waals surface area contributed by atoms with Crippen LogP contribution < -0.4 is 0 Å². The van der Waals surface area contributed by atoms with Crippen LogP contribution in [0.5, 0.6) is 0 Å². The molecule has 4 aromatic rings. The number of benzene rings is 4. The van der Waals surface area contributed by atoms with Crippen LogP contribution in [0.3, 0.4) is 0 Å². The van der Waals surface area contributed by atoms with Gasteiger partial charge in [-0.2, -0.15) is 0 Å².